The molecule has 2 aliphatic rings. The minimum atomic E-state index is -0.517. The van der Waals surface area contributed by atoms with E-state index in [0.29, 0.717) is 12.8 Å². The molecule has 0 unspecified atom stereocenters. The Balaban J connectivity index is 1.38. The summed E-state index contributed by atoms with van der Waals surface area (Å²) in [6, 6.07) is 16.0. The maximum atomic E-state index is 12.7. The fraction of sp³-hybridized carbons (Fsp3) is 0.360. The molecule has 1 aliphatic carbocycles. The van der Waals surface area contributed by atoms with E-state index < -0.39 is 12.2 Å². The summed E-state index contributed by atoms with van der Waals surface area (Å²) in [6.07, 6.45) is 1.87. The molecule has 7 heteroatoms. The fourth-order valence-electron chi connectivity index (χ4n) is 4.51. The van der Waals surface area contributed by atoms with E-state index in [9.17, 15) is 9.59 Å². The number of ether oxygens (including phenoxy) is 2. The maximum Gasteiger partial charge on any atom is 0.407 e. The first-order valence-electron chi connectivity index (χ1n) is 11.0. The van der Waals surface area contributed by atoms with Crippen molar-refractivity contribution in [1.82, 2.24) is 16.0 Å². The molecule has 0 aromatic heterocycles. The van der Waals surface area contributed by atoms with Crippen LogP contribution in [0.1, 0.15) is 29.9 Å². The van der Waals surface area contributed by atoms with Gasteiger partial charge in [0.05, 0.1) is 12.1 Å². The van der Waals surface area contributed by atoms with Gasteiger partial charge in [0.2, 0.25) is 0 Å². The van der Waals surface area contributed by atoms with Gasteiger partial charge in [-0.3, -0.25) is 0 Å². The number of hydrogen-bond donors (Lipinski definition) is 3. The average Bonchev–Trinajstić information content (AvgIpc) is 2.97. The summed E-state index contributed by atoms with van der Waals surface area (Å²) >= 11 is 0. The highest BCUT2D eigenvalue weighted by atomic mass is 16.6. The summed E-state index contributed by atoms with van der Waals surface area (Å²) in [4.78, 5) is 24.7. The summed E-state index contributed by atoms with van der Waals surface area (Å²) in [7, 11) is 0. The monoisotopic (exact) mass is 435 g/mol. The summed E-state index contributed by atoms with van der Waals surface area (Å²) < 4.78 is 10.7. The SMILES string of the molecule is C=CCOC(=O)N[C@@H]1CCNCC[C@H]1NC(=O)OCC1c2ccccc2-c2ccccc21. The van der Waals surface area contributed by atoms with Gasteiger partial charge in [-0.1, -0.05) is 61.2 Å². The quantitative estimate of drug-likeness (QED) is 0.604. The third-order valence-electron chi connectivity index (χ3n) is 6.03. The molecule has 7 nitrogen and oxygen atoms in total. The van der Waals surface area contributed by atoms with Crippen LogP contribution < -0.4 is 16.0 Å². The van der Waals surface area contributed by atoms with Gasteiger partial charge < -0.3 is 25.4 Å². The number of benzene rings is 2. The molecule has 2 aromatic carbocycles. The molecule has 4 rings (SSSR count). The first-order chi connectivity index (χ1) is 15.7. The van der Waals surface area contributed by atoms with E-state index in [1.165, 1.54) is 28.3 Å². The van der Waals surface area contributed by atoms with E-state index >= 15 is 0 Å². The van der Waals surface area contributed by atoms with Gasteiger partial charge in [-0.05, 0) is 48.2 Å². The lowest BCUT2D eigenvalue weighted by atomic mass is 9.98. The molecular formula is C25H29N3O4. The van der Waals surface area contributed by atoms with Crippen LogP contribution in [-0.2, 0) is 9.47 Å². The van der Waals surface area contributed by atoms with Gasteiger partial charge in [-0.2, -0.15) is 0 Å². The number of alkyl carbamates (subject to hydrolysis) is 2. The van der Waals surface area contributed by atoms with Gasteiger partial charge in [-0.15, -0.1) is 0 Å². The van der Waals surface area contributed by atoms with Crippen molar-refractivity contribution in [1.29, 1.82) is 0 Å². The molecule has 2 atom stereocenters. The van der Waals surface area contributed by atoms with Crippen LogP contribution in [0.5, 0.6) is 0 Å². The summed E-state index contributed by atoms with van der Waals surface area (Å²) in [5, 5.41) is 9.10. The van der Waals surface area contributed by atoms with Crippen LogP contribution >= 0.6 is 0 Å². The van der Waals surface area contributed by atoms with Crippen molar-refractivity contribution in [3.63, 3.8) is 0 Å². The van der Waals surface area contributed by atoms with Crippen molar-refractivity contribution in [3.8, 4) is 11.1 Å². The number of carbonyl (C=O) groups excluding carboxylic acids is 2. The van der Waals surface area contributed by atoms with Crippen LogP contribution in [0.25, 0.3) is 11.1 Å². The zero-order valence-electron chi connectivity index (χ0n) is 18.0. The second-order valence-electron chi connectivity index (χ2n) is 8.04. The molecule has 0 spiro atoms. The van der Waals surface area contributed by atoms with Crippen molar-refractivity contribution in [3.05, 3.63) is 72.3 Å². The Morgan fingerprint density at radius 1 is 0.906 bits per heavy atom. The number of rotatable bonds is 6. The molecule has 168 valence electrons. The largest absolute Gasteiger partial charge is 0.449 e. The molecular weight excluding hydrogens is 406 g/mol. The second kappa shape index (κ2) is 10.3. The van der Waals surface area contributed by atoms with E-state index in [-0.39, 0.29) is 31.2 Å². The molecule has 1 heterocycles. The van der Waals surface area contributed by atoms with E-state index in [1.54, 1.807) is 0 Å². The lowest BCUT2D eigenvalue weighted by Crippen LogP contribution is -2.52. The Morgan fingerprint density at radius 3 is 2.00 bits per heavy atom. The minimum Gasteiger partial charge on any atom is -0.449 e. The van der Waals surface area contributed by atoms with Crippen molar-refractivity contribution in [2.75, 3.05) is 26.3 Å². The molecule has 3 N–H and O–H groups in total. The predicted molar refractivity (Wildman–Crippen MR) is 123 cm³/mol. The molecule has 32 heavy (non-hydrogen) atoms. The fourth-order valence-corrected chi connectivity index (χ4v) is 4.51. The number of hydrogen-bond acceptors (Lipinski definition) is 5. The topological polar surface area (TPSA) is 88.7 Å². The van der Waals surface area contributed by atoms with Crippen LogP contribution in [0.15, 0.2) is 61.2 Å². The standard InChI is InChI=1S/C25H29N3O4/c1-2-15-31-24(29)27-22-11-13-26-14-12-23(22)28-25(30)32-16-21-19-9-5-3-7-17(19)18-8-4-6-10-20(18)21/h2-10,21-23,26H,1,11-16H2,(H,27,29)(H,28,30)/t22-,23-/m1/s1. The Labute approximate surface area is 188 Å². The number of carbonyl (C=O) groups is 2. The van der Waals surface area contributed by atoms with Gasteiger partial charge in [-0.25, -0.2) is 9.59 Å². The maximum absolute atomic E-state index is 12.7. The summed E-state index contributed by atoms with van der Waals surface area (Å²) in [5.41, 5.74) is 4.72. The van der Waals surface area contributed by atoms with Crippen molar-refractivity contribution >= 4 is 12.2 Å². The van der Waals surface area contributed by atoms with Gasteiger partial charge in [0.15, 0.2) is 0 Å². The van der Waals surface area contributed by atoms with Crippen LogP contribution in [0, 0.1) is 0 Å². The molecule has 0 bridgehead atoms. The Hall–Kier alpha value is -3.32. The Bertz CT molecular complexity index is 932. The number of fused-ring (bicyclic) bond motifs is 3. The van der Waals surface area contributed by atoms with Crippen LogP contribution in [0.2, 0.25) is 0 Å². The molecule has 0 radical (unpaired) electrons. The predicted octanol–water partition coefficient (Wildman–Crippen LogP) is 3.56. The molecule has 1 aliphatic heterocycles. The Kier molecular flexibility index (Phi) is 7.07. The van der Waals surface area contributed by atoms with Crippen molar-refractivity contribution in [2.45, 2.75) is 30.8 Å². The van der Waals surface area contributed by atoms with Crippen molar-refractivity contribution < 1.29 is 19.1 Å². The molecule has 2 aromatic rings. The third-order valence-corrected chi connectivity index (χ3v) is 6.03. The second-order valence-corrected chi connectivity index (χ2v) is 8.04. The van der Waals surface area contributed by atoms with Gasteiger partial charge in [0, 0.05) is 5.92 Å². The normalized spacial score (nSPS) is 19.8. The van der Waals surface area contributed by atoms with Crippen molar-refractivity contribution in [2.24, 2.45) is 0 Å². The lowest BCUT2D eigenvalue weighted by Gasteiger charge is -2.26. The van der Waals surface area contributed by atoms with Gasteiger partial charge in [0.25, 0.3) is 0 Å². The summed E-state index contributed by atoms with van der Waals surface area (Å²) in [5.74, 6) is 0.00625. The highest BCUT2D eigenvalue weighted by Gasteiger charge is 2.31. The Morgan fingerprint density at radius 2 is 1.44 bits per heavy atom. The van der Waals surface area contributed by atoms with E-state index in [4.69, 9.17) is 9.47 Å². The zero-order chi connectivity index (χ0) is 22.3. The first kappa shape index (κ1) is 21.9. The molecule has 2 amide bonds. The first-order valence-corrected chi connectivity index (χ1v) is 11.0. The molecule has 1 fully saturated rings. The average molecular weight is 436 g/mol. The highest BCUT2D eigenvalue weighted by molar-refractivity contribution is 5.79. The van der Waals surface area contributed by atoms with E-state index in [0.717, 1.165) is 13.1 Å². The third kappa shape index (κ3) is 4.94. The number of amides is 2. The van der Waals surface area contributed by atoms with Gasteiger partial charge >= 0.3 is 12.2 Å². The zero-order valence-corrected chi connectivity index (χ0v) is 18.0. The molecule has 1 saturated heterocycles. The smallest absolute Gasteiger partial charge is 0.407 e. The van der Waals surface area contributed by atoms with Crippen LogP contribution in [0.3, 0.4) is 0 Å². The van der Waals surface area contributed by atoms with E-state index in [1.807, 2.05) is 24.3 Å². The van der Waals surface area contributed by atoms with Crippen LogP contribution in [0.4, 0.5) is 9.59 Å². The lowest BCUT2D eigenvalue weighted by molar-refractivity contribution is 0.131. The van der Waals surface area contributed by atoms with Gasteiger partial charge in [0.1, 0.15) is 13.2 Å². The van der Waals surface area contributed by atoms with E-state index in [2.05, 4.69) is 46.8 Å². The minimum absolute atomic E-state index is 0.00625. The summed E-state index contributed by atoms with van der Waals surface area (Å²) in [6.45, 7) is 5.43. The highest BCUT2D eigenvalue weighted by Crippen LogP contribution is 2.44. The molecule has 0 saturated carbocycles. The number of nitrogens with one attached hydrogen (secondary N) is 3. The van der Waals surface area contributed by atoms with Crippen LogP contribution in [-0.4, -0.2) is 50.6 Å².